The number of pyridine rings is 2. The van der Waals surface area contributed by atoms with Gasteiger partial charge in [0.05, 0.1) is 5.52 Å². The minimum absolute atomic E-state index is 0.159. The second-order valence-corrected chi connectivity index (χ2v) is 5.12. The van der Waals surface area contributed by atoms with Gasteiger partial charge in [0, 0.05) is 37.1 Å². The molecule has 0 aliphatic heterocycles. The number of nitrogens with two attached hydrogens (primary N) is 1. The summed E-state index contributed by atoms with van der Waals surface area (Å²) in [6.45, 7) is 0.484. The lowest BCUT2D eigenvalue weighted by molar-refractivity contribution is 0.0780. The van der Waals surface area contributed by atoms with Crippen molar-refractivity contribution in [3.8, 4) is 0 Å². The standard InChI is InChI=1S/C17H16N4O/c1-21(17(22)16-10-13(18)7-9-20-16)11-12-4-2-6-15-14(12)5-3-8-19-15/h2-10H,11H2,1H3,(H2,18,20). The molecule has 0 bridgehead atoms. The lowest BCUT2D eigenvalue weighted by Crippen LogP contribution is -2.27. The van der Waals surface area contributed by atoms with Gasteiger partial charge >= 0.3 is 0 Å². The summed E-state index contributed by atoms with van der Waals surface area (Å²) >= 11 is 0. The van der Waals surface area contributed by atoms with E-state index in [-0.39, 0.29) is 5.91 Å². The highest BCUT2D eigenvalue weighted by atomic mass is 16.2. The summed E-state index contributed by atoms with van der Waals surface area (Å²) in [5.41, 5.74) is 8.55. The molecule has 22 heavy (non-hydrogen) atoms. The maximum absolute atomic E-state index is 12.4. The summed E-state index contributed by atoms with van der Waals surface area (Å²) in [5.74, 6) is -0.159. The molecule has 0 saturated heterocycles. The zero-order chi connectivity index (χ0) is 15.5. The number of aromatic nitrogens is 2. The SMILES string of the molecule is CN(Cc1cccc2ncccc12)C(=O)c1cc(N)ccn1. The maximum Gasteiger partial charge on any atom is 0.272 e. The fourth-order valence-corrected chi connectivity index (χ4v) is 2.39. The van der Waals surface area contributed by atoms with E-state index in [1.165, 1.54) is 6.20 Å². The number of fused-ring (bicyclic) bond motifs is 1. The molecule has 0 aliphatic rings. The van der Waals surface area contributed by atoms with Crippen molar-refractivity contribution < 1.29 is 4.79 Å². The lowest BCUT2D eigenvalue weighted by atomic mass is 10.1. The average molecular weight is 292 g/mol. The topological polar surface area (TPSA) is 72.1 Å². The maximum atomic E-state index is 12.4. The minimum atomic E-state index is -0.159. The molecule has 0 aliphatic carbocycles. The van der Waals surface area contributed by atoms with Crippen LogP contribution in [0.1, 0.15) is 16.1 Å². The van der Waals surface area contributed by atoms with E-state index in [1.807, 2.05) is 30.3 Å². The second kappa shape index (κ2) is 5.81. The largest absolute Gasteiger partial charge is 0.399 e. The third kappa shape index (κ3) is 2.74. The van der Waals surface area contributed by atoms with Gasteiger partial charge in [-0.1, -0.05) is 18.2 Å². The average Bonchev–Trinajstić information content (AvgIpc) is 2.54. The molecule has 0 atom stereocenters. The molecule has 2 heterocycles. The van der Waals surface area contributed by atoms with Crippen molar-refractivity contribution >= 4 is 22.5 Å². The minimum Gasteiger partial charge on any atom is -0.399 e. The predicted molar refractivity (Wildman–Crippen MR) is 86.2 cm³/mol. The van der Waals surface area contributed by atoms with E-state index in [0.717, 1.165) is 16.5 Å². The lowest BCUT2D eigenvalue weighted by Gasteiger charge is -2.18. The van der Waals surface area contributed by atoms with Gasteiger partial charge in [-0.25, -0.2) is 0 Å². The third-order valence-corrected chi connectivity index (χ3v) is 3.49. The Hall–Kier alpha value is -2.95. The van der Waals surface area contributed by atoms with Gasteiger partial charge in [-0.2, -0.15) is 0 Å². The van der Waals surface area contributed by atoms with Crippen LogP contribution < -0.4 is 5.73 Å². The van der Waals surface area contributed by atoms with Gasteiger partial charge in [0.25, 0.3) is 5.91 Å². The fraction of sp³-hybridized carbons (Fsp3) is 0.118. The Bertz CT molecular complexity index is 826. The van der Waals surface area contributed by atoms with Gasteiger partial charge in [0.2, 0.25) is 0 Å². The molecule has 2 N–H and O–H groups in total. The van der Waals surface area contributed by atoms with Crippen molar-refractivity contribution in [2.45, 2.75) is 6.54 Å². The number of anilines is 1. The summed E-state index contributed by atoms with van der Waals surface area (Å²) in [4.78, 5) is 22.5. The molecule has 2 aromatic heterocycles. The second-order valence-electron chi connectivity index (χ2n) is 5.12. The van der Waals surface area contributed by atoms with Crippen LogP contribution in [0.5, 0.6) is 0 Å². The molecule has 5 nitrogen and oxygen atoms in total. The number of nitrogens with zero attached hydrogens (tertiary/aromatic N) is 3. The number of carbonyl (C=O) groups is 1. The molecular formula is C17H16N4O. The van der Waals surface area contributed by atoms with Crippen LogP contribution in [0.4, 0.5) is 5.69 Å². The van der Waals surface area contributed by atoms with E-state index in [0.29, 0.717) is 17.9 Å². The van der Waals surface area contributed by atoms with E-state index in [2.05, 4.69) is 9.97 Å². The van der Waals surface area contributed by atoms with Crippen molar-refractivity contribution in [2.75, 3.05) is 12.8 Å². The van der Waals surface area contributed by atoms with E-state index in [4.69, 9.17) is 5.73 Å². The predicted octanol–water partition coefficient (Wildman–Crippen LogP) is 2.48. The number of nitrogen functional groups attached to an aromatic ring is 1. The van der Waals surface area contributed by atoms with Crippen molar-refractivity contribution in [3.63, 3.8) is 0 Å². The number of hydrogen-bond acceptors (Lipinski definition) is 4. The molecule has 3 rings (SSSR count). The molecule has 0 unspecified atom stereocenters. The van der Waals surface area contributed by atoms with Crippen LogP contribution in [-0.4, -0.2) is 27.8 Å². The molecule has 1 aromatic carbocycles. The number of hydrogen-bond donors (Lipinski definition) is 1. The Morgan fingerprint density at radius 3 is 2.82 bits per heavy atom. The molecule has 5 heteroatoms. The van der Waals surface area contributed by atoms with Gasteiger partial charge in [0.1, 0.15) is 5.69 Å². The van der Waals surface area contributed by atoms with Crippen LogP contribution in [0.15, 0.2) is 54.9 Å². The quantitative estimate of drug-likeness (QED) is 0.805. The smallest absolute Gasteiger partial charge is 0.272 e. The van der Waals surface area contributed by atoms with Crippen LogP contribution in [-0.2, 0) is 6.54 Å². The van der Waals surface area contributed by atoms with E-state index in [1.54, 1.807) is 30.3 Å². The van der Waals surface area contributed by atoms with Crippen LogP contribution >= 0.6 is 0 Å². The Balaban J connectivity index is 1.87. The zero-order valence-corrected chi connectivity index (χ0v) is 12.2. The molecule has 0 fully saturated rings. The summed E-state index contributed by atoms with van der Waals surface area (Å²) in [7, 11) is 1.75. The molecule has 110 valence electrons. The van der Waals surface area contributed by atoms with E-state index >= 15 is 0 Å². The number of amides is 1. The molecule has 1 amide bonds. The van der Waals surface area contributed by atoms with Gasteiger partial charge in [0.15, 0.2) is 0 Å². The van der Waals surface area contributed by atoms with E-state index < -0.39 is 0 Å². The number of benzene rings is 1. The van der Waals surface area contributed by atoms with Gasteiger partial charge in [-0.05, 0) is 29.8 Å². The number of rotatable bonds is 3. The Kier molecular flexibility index (Phi) is 3.70. The summed E-state index contributed by atoms with van der Waals surface area (Å²) in [5, 5.41) is 1.05. The first-order valence-electron chi connectivity index (χ1n) is 6.95. The normalized spacial score (nSPS) is 10.6. The van der Waals surface area contributed by atoms with Gasteiger partial charge in [-0.15, -0.1) is 0 Å². The van der Waals surface area contributed by atoms with Crippen molar-refractivity contribution in [3.05, 3.63) is 66.1 Å². The monoisotopic (exact) mass is 292 g/mol. The van der Waals surface area contributed by atoms with Gasteiger partial charge in [-0.3, -0.25) is 14.8 Å². The summed E-state index contributed by atoms with van der Waals surface area (Å²) < 4.78 is 0. The van der Waals surface area contributed by atoms with Crippen molar-refractivity contribution in [2.24, 2.45) is 0 Å². The van der Waals surface area contributed by atoms with Crippen LogP contribution in [0, 0.1) is 0 Å². The molecule has 0 radical (unpaired) electrons. The fourth-order valence-electron chi connectivity index (χ4n) is 2.39. The van der Waals surface area contributed by atoms with Crippen LogP contribution in [0.25, 0.3) is 10.9 Å². The molecule has 0 spiro atoms. The molecule has 0 saturated carbocycles. The summed E-state index contributed by atoms with van der Waals surface area (Å²) in [6.07, 6.45) is 3.30. The first-order valence-corrected chi connectivity index (χ1v) is 6.95. The molecule has 3 aromatic rings. The highest BCUT2D eigenvalue weighted by Crippen LogP contribution is 2.18. The first-order chi connectivity index (χ1) is 10.6. The highest BCUT2D eigenvalue weighted by Gasteiger charge is 2.14. The van der Waals surface area contributed by atoms with E-state index in [9.17, 15) is 4.79 Å². The van der Waals surface area contributed by atoms with Crippen LogP contribution in [0.3, 0.4) is 0 Å². The Labute approximate surface area is 128 Å². The van der Waals surface area contributed by atoms with Crippen molar-refractivity contribution in [1.29, 1.82) is 0 Å². The Morgan fingerprint density at radius 1 is 1.14 bits per heavy atom. The van der Waals surface area contributed by atoms with Crippen LogP contribution in [0.2, 0.25) is 0 Å². The first kappa shape index (κ1) is 14.0. The Morgan fingerprint density at radius 2 is 2.00 bits per heavy atom. The zero-order valence-electron chi connectivity index (χ0n) is 12.2. The van der Waals surface area contributed by atoms with Gasteiger partial charge < -0.3 is 10.6 Å². The number of carbonyl (C=O) groups excluding carboxylic acids is 1. The molecular weight excluding hydrogens is 276 g/mol. The summed E-state index contributed by atoms with van der Waals surface area (Å²) in [6, 6.07) is 13.1. The highest BCUT2D eigenvalue weighted by molar-refractivity contribution is 5.93. The van der Waals surface area contributed by atoms with Crippen molar-refractivity contribution in [1.82, 2.24) is 14.9 Å². The third-order valence-electron chi connectivity index (χ3n) is 3.49.